The van der Waals surface area contributed by atoms with Gasteiger partial charge < -0.3 is 27.9 Å². The van der Waals surface area contributed by atoms with Crippen LogP contribution >= 0.6 is 11.6 Å². The molecule has 0 aromatic heterocycles. The Balaban J connectivity index is 0.000000132. The minimum atomic E-state index is -0.476. The lowest BCUT2D eigenvalue weighted by atomic mass is 9.49. The Morgan fingerprint density at radius 3 is 1.14 bits per heavy atom. The van der Waals surface area contributed by atoms with Gasteiger partial charge in [-0.3, -0.25) is 0 Å². The average Bonchev–Trinajstić information content (AvgIpc) is 3.60. The summed E-state index contributed by atoms with van der Waals surface area (Å²) in [5.41, 5.74) is -0.983. The molecule has 3 saturated heterocycles. The number of benzene rings is 6. The SMILES string of the molecule is CC1(C)OB(B2OC(C)(C)C(C)(C)O2)OC1(C)C.CC1(C)OB(c2ccc3c(ccc4ccccc43)c2)OC1(C)C.Clc1ccc2c(ccc3ccccc32)c1. The Morgan fingerprint density at radius 1 is 0.357 bits per heavy atom. The molecular weight excluding hydrogens is 716 g/mol. The average molecular weight is 771 g/mol. The van der Waals surface area contributed by atoms with Crippen molar-refractivity contribution in [2.45, 2.75) is 117 Å². The Bertz CT molecular complexity index is 2330. The van der Waals surface area contributed by atoms with Crippen molar-refractivity contribution in [3.05, 3.63) is 114 Å². The zero-order valence-corrected chi connectivity index (χ0v) is 35.7. The molecule has 6 aromatic carbocycles. The first-order valence-corrected chi connectivity index (χ1v) is 20.0. The van der Waals surface area contributed by atoms with Crippen molar-refractivity contribution in [2.24, 2.45) is 0 Å². The van der Waals surface area contributed by atoms with E-state index in [2.05, 4.69) is 125 Å². The third-order valence-electron chi connectivity index (χ3n) is 12.8. The van der Waals surface area contributed by atoms with Crippen LogP contribution in [0.1, 0.15) is 83.1 Å². The first kappa shape index (κ1) is 40.8. The van der Waals surface area contributed by atoms with Crippen LogP contribution in [0.2, 0.25) is 5.02 Å². The predicted octanol–water partition coefficient (Wildman–Crippen LogP) is 11.2. The molecule has 0 N–H and O–H groups in total. The monoisotopic (exact) mass is 770 g/mol. The standard InChI is InChI=1S/C20H21BO2.C14H9Cl.C12H24B2O4/c1-19(2)20(3,4)23-21(22-19)16-11-12-18-15(13-16)10-9-14-7-5-6-8-17(14)18;15-12-7-8-14-11(9-12)6-5-10-3-1-2-4-13(10)14;1-9(2)10(3,4)16-13(15-9)14-17-11(5,6)12(7,8)18-14/h5-13H,1-4H3;1-9H;1-8H3. The molecule has 0 bridgehead atoms. The summed E-state index contributed by atoms with van der Waals surface area (Å²) in [5, 5.41) is 10.8. The molecule has 3 aliphatic heterocycles. The van der Waals surface area contributed by atoms with Crippen LogP contribution in [-0.4, -0.2) is 54.7 Å². The Kier molecular flexibility index (Phi) is 10.5. The molecular formula is C46H54B3ClO6. The van der Waals surface area contributed by atoms with Gasteiger partial charge in [-0.1, -0.05) is 109 Å². The molecule has 0 spiro atoms. The second-order valence-corrected chi connectivity index (χ2v) is 18.7. The quantitative estimate of drug-likeness (QED) is 0.129. The molecule has 0 unspecified atom stereocenters. The molecule has 56 heavy (non-hydrogen) atoms. The summed E-state index contributed by atoms with van der Waals surface area (Å²) in [4.78, 5) is 0. The first-order chi connectivity index (χ1) is 26.1. The van der Waals surface area contributed by atoms with Gasteiger partial charge in [-0.2, -0.15) is 0 Å². The lowest BCUT2D eigenvalue weighted by molar-refractivity contribution is 0.00578. The molecule has 3 heterocycles. The smallest absolute Gasteiger partial charge is 0.405 e. The number of hydrogen-bond donors (Lipinski definition) is 0. The molecule has 6 aromatic rings. The summed E-state index contributed by atoms with van der Waals surface area (Å²) >= 11 is 5.97. The zero-order chi connectivity index (χ0) is 40.5. The summed E-state index contributed by atoms with van der Waals surface area (Å²) in [6.45, 7) is 24.5. The fourth-order valence-corrected chi connectivity index (χ4v) is 7.32. The molecule has 0 atom stereocenters. The summed E-state index contributed by atoms with van der Waals surface area (Å²) in [6, 6.07) is 38.0. The second-order valence-electron chi connectivity index (χ2n) is 18.3. The lowest BCUT2D eigenvalue weighted by Crippen LogP contribution is -2.41. The summed E-state index contributed by atoms with van der Waals surface area (Å²) in [5.74, 6) is 0. The van der Waals surface area contributed by atoms with Crippen molar-refractivity contribution in [1.82, 2.24) is 0 Å². The van der Waals surface area contributed by atoms with Crippen LogP contribution in [0.5, 0.6) is 0 Å². The number of rotatable bonds is 2. The van der Waals surface area contributed by atoms with Crippen LogP contribution in [0.25, 0.3) is 43.1 Å². The summed E-state index contributed by atoms with van der Waals surface area (Å²) < 4.78 is 36.2. The molecule has 0 aliphatic carbocycles. The van der Waals surface area contributed by atoms with Crippen molar-refractivity contribution in [2.75, 3.05) is 0 Å². The molecule has 0 amide bonds. The Labute approximate surface area is 338 Å². The number of hydrogen-bond acceptors (Lipinski definition) is 6. The molecule has 6 nitrogen and oxygen atoms in total. The molecule has 0 saturated carbocycles. The van der Waals surface area contributed by atoms with Crippen molar-refractivity contribution in [3.8, 4) is 0 Å². The normalized spacial score (nSPS) is 21.3. The van der Waals surface area contributed by atoms with Gasteiger partial charge in [0.2, 0.25) is 0 Å². The van der Waals surface area contributed by atoms with Gasteiger partial charge in [0.1, 0.15) is 0 Å². The molecule has 0 radical (unpaired) electrons. The third kappa shape index (κ3) is 7.65. The van der Waals surface area contributed by atoms with Gasteiger partial charge in [-0.05, 0) is 144 Å². The number of halogens is 1. The number of fused-ring (bicyclic) bond motifs is 6. The van der Waals surface area contributed by atoms with Crippen molar-refractivity contribution in [1.29, 1.82) is 0 Å². The highest BCUT2D eigenvalue weighted by Crippen LogP contribution is 2.43. The van der Waals surface area contributed by atoms with Crippen molar-refractivity contribution in [3.63, 3.8) is 0 Å². The third-order valence-corrected chi connectivity index (χ3v) is 13.0. The fraction of sp³-hybridized carbons (Fsp3) is 0.391. The highest BCUT2D eigenvalue weighted by atomic mass is 35.5. The van der Waals surface area contributed by atoms with Gasteiger partial charge >= 0.3 is 21.1 Å². The van der Waals surface area contributed by atoms with Crippen LogP contribution in [0.4, 0.5) is 0 Å². The molecule has 290 valence electrons. The first-order valence-electron chi connectivity index (χ1n) is 19.7. The largest absolute Gasteiger partial charge is 0.494 e. The lowest BCUT2D eigenvalue weighted by Gasteiger charge is -2.32. The maximum atomic E-state index is 6.16. The highest BCUT2D eigenvalue weighted by Gasteiger charge is 2.63. The maximum absolute atomic E-state index is 6.16. The van der Waals surface area contributed by atoms with Gasteiger partial charge in [0.25, 0.3) is 0 Å². The molecule has 3 aliphatic rings. The van der Waals surface area contributed by atoms with E-state index in [9.17, 15) is 0 Å². The summed E-state index contributed by atoms with van der Waals surface area (Å²) in [6.07, 6.45) is 0. The van der Waals surface area contributed by atoms with E-state index in [1.165, 1.54) is 43.1 Å². The van der Waals surface area contributed by atoms with Gasteiger partial charge in [0, 0.05) is 5.02 Å². The Morgan fingerprint density at radius 2 is 0.696 bits per heavy atom. The van der Waals surface area contributed by atoms with Crippen LogP contribution < -0.4 is 5.46 Å². The van der Waals surface area contributed by atoms with Crippen LogP contribution in [-0.2, 0) is 27.9 Å². The van der Waals surface area contributed by atoms with Crippen LogP contribution in [0.3, 0.4) is 0 Å². The maximum Gasteiger partial charge on any atom is 0.494 e. The van der Waals surface area contributed by atoms with E-state index in [-0.39, 0.29) is 40.7 Å². The summed E-state index contributed by atoms with van der Waals surface area (Å²) in [7, 11) is -1.26. The van der Waals surface area contributed by atoms with E-state index in [1.54, 1.807) is 0 Å². The zero-order valence-electron chi connectivity index (χ0n) is 35.0. The molecule has 10 heteroatoms. The van der Waals surface area contributed by atoms with Gasteiger partial charge in [0.05, 0.1) is 33.6 Å². The molecule has 9 rings (SSSR count). The minimum Gasteiger partial charge on any atom is -0.405 e. The van der Waals surface area contributed by atoms with E-state index in [0.29, 0.717) is 0 Å². The predicted molar refractivity (Wildman–Crippen MR) is 236 cm³/mol. The van der Waals surface area contributed by atoms with Gasteiger partial charge in [0.15, 0.2) is 0 Å². The second kappa shape index (κ2) is 14.5. The highest BCUT2D eigenvalue weighted by molar-refractivity contribution is 7.11. The fourth-order valence-electron chi connectivity index (χ4n) is 7.14. The van der Waals surface area contributed by atoms with Crippen molar-refractivity contribution >= 4 is 81.3 Å². The van der Waals surface area contributed by atoms with E-state index in [0.717, 1.165) is 10.5 Å². The minimum absolute atomic E-state index is 0.309. The van der Waals surface area contributed by atoms with E-state index in [4.69, 9.17) is 39.5 Å². The van der Waals surface area contributed by atoms with Gasteiger partial charge in [-0.25, -0.2) is 0 Å². The topological polar surface area (TPSA) is 55.4 Å². The van der Waals surface area contributed by atoms with E-state index >= 15 is 0 Å². The van der Waals surface area contributed by atoms with Crippen molar-refractivity contribution < 1.29 is 27.9 Å². The van der Waals surface area contributed by atoms with E-state index < -0.39 is 14.0 Å². The van der Waals surface area contributed by atoms with Gasteiger partial charge in [-0.15, -0.1) is 0 Å². The van der Waals surface area contributed by atoms with Crippen LogP contribution in [0, 0.1) is 0 Å². The molecule has 3 fully saturated rings. The Hall–Kier alpha value is -3.40. The van der Waals surface area contributed by atoms with E-state index in [1.807, 2.05) is 67.5 Å². The van der Waals surface area contributed by atoms with Crippen LogP contribution in [0.15, 0.2) is 109 Å².